The summed E-state index contributed by atoms with van der Waals surface area (Å²) in [5, 5.41) is 12.0. The quantitative estimate of drug-likeness (QED) is 0.937. The normalized spacial score (nSPS) is 15.4. The van der Waals surface area contributed by atoms with Crippen LogP contribution in [0.4, 0.5) is 5.13 Å². The molecular formula is C16H18N4O2S. The lowest BCUT2D eigenvalue weighted by atomic mass is 9.95. The molecule has 0 spiro atoms. The summed E-state index contributed by atoms with van der Waals surface area (Å²) in [4.78, 5) is 26.4. The van der Waals surface area contributed by atoms with Gasteiger partial charge in [-0.05, 0) is 31.9 Å². The maximum Gasteiger partial charge on any atom is 0.253 e. The molecule has 1 aromatic heterocycles. The van der Waals surface area contributed by atoms with Crippen molar-refractivity contribution in [3.63, 3.8) is 0 Å². The van der Waals surface area contributed by atoms with Crippen LogP contribution in [0.15, 0.2) is 30.3 Å². The van der Waals surface area contributed by atoms with Gasteiger partial charge in [-0.3, -0.25) is 9.59 Å². The van der Waals surface area contributed by atoms with E-state index in [1.54, 1.807) is 0 Å². The lowest BCUT2D eigenvalue weighted by molar-refractivity contribution is -0.121. The molecule has 120 valence electrons. The minimum absolute atomic E-state index is 0.0317. The van der Waals surface area contributed by atoms with Gasteiger partial charge in [0, 0.05) is 24.6 Å². The van der Waals surface area contributed by atoms with Gasteiger partial charge in [0.25, 0.3) is 5.91 Å². The Labute approximate surface area is 138 Å². The lowest BCUT2D eigenvalue weighted by Crippen LogP contribution is -2.41. The van der Waals surface area contributed by atoms with Crippen LogP contribution in [0, 0.1) is 12.8 Å². The van der Waals surface area contributed by atoms with E-state index in [9.17, 15) is 9.59 Å². The zero-order valence-electron chi connectivity index (χ0n) is 12.9. The number of anilines is 1. The predicted octanol–water partition coefficient (Wildman–Crippen LogP) is 2.34. The number of aryl methyl sites for hydroxylation is 1. The first-order valence-electron chi connectivity index (χ1n) is 7.59. The third-order valence-corrected chi connectivity index (χ3v) is 4.68. The van der Waals surface area contributed by atoms with E-state index in [1.165, 1.54) is 11.3 Å². The van der Waals surface area contributed by atoms with Gasteiger partial charge in [0.15, 0.2) is 0 Å². The van der Waals surface area contributed by atoms with Crippen LogP contribution in [0.3, 0.4) is 0 Å². The summed E-state index contributed by atoms with van der Waals surface area (Å²) in [6.07, 6.45) is 1.34. The van der Waals surface area contributed by atoms with E-state index < -0.39 is 0 Å². The molecule has 7 heteroatoms. The number of carbonyl (C=O) groups is 2. The Bertz CT molecular complexity index is 693. The molecule has 0 aliphatic carbocycles. The zero-order chi connectivity index (χ0) is 16.2. The topological polar surface area (TPSA) is 75.2 Å². The van der Waals surface area contributed by atoms with Crippen molar-refractivity contribution in [2.75, 3.05) is 18.4 Å². The SMILES string of the molecule is Cc1nnc(NC(=O)C2CCN(C(=O)c3ccccc3)CC2)s1. The van der Waals surface area contributed by atoms with E-state index in [2.05, 4.69) is 15.5 Å². The van der Waals surface area contributed by atoms with Crippen molar-refractivity contribution in [1.29, 1.82) is 0 Å². The van der Waals surface area contributed by atoms with Crippen LogP contribution >= 0.6 is 11.3 Å². The van der Waals surface area contributed by atoms with Gasteiger partial charge in [0.2, 0.25) is 11.0 Å². The van der Waals surface area contributed by atoms with Crippen LogP contribution in [-0.2, 0) is 4.79 Å². The molecule has 1 saturated heterocycles. The Balaban J connectivity index is 1.54. The van der Waals surface area contributed by atoms with E-state index in [0.717, 1.165) is 5.01 Å². The van der Waals surface area contributed by atoms with Crippen LogP contribution in [0.5, 0.6) is 0 Å². The van der Waals surface area contributed by atoms with Crippen molar-refractivity contribution >= 4 is 28.3 Å². The number of rotatable bonds is 3. The summed E-state index contributed by atoms with van der Waals surface area (Å²) in [5.41, 5.74) is 0.694. The van der Waals surface area contributed by atoms with Gasteiger partial charge >= 0.3 is 0 Å². The van der Waals surface area contributed by atoms with Gasteiger partial charge in [0.1, 0.15) is 5.01 Å². The minimum atomic E-state index is -0.0842. The summed E-state index contributed by atoms with van der Waals surface area (Å²) in [6.45, 7) is 3.04. The van der Waals surface area contributed by atoms with Crippen LogP contribution in [-0.4, -0.2) is 40.0 Å². The second kappa shape index (κ2) is 6.87. The molecule has 3 rings (SSSR count). The van der Waals surface area contributed by atoms with Crippen LogP contribution in [0.2, 0.25) is 0 Å². The fourth-order valence-electron chi connectivity index (χ4n) is 2.66. The van der Waals surface area contributed by atoms with E-state index >= 15 is 0 Å². The second-order valence-electron chi connectivity index (χ2n) is 5.55. The van der Waals surface area contributed by atoms with Gasteiger partial charge in [-0.2, -0.15) is 0 Å². The molecule has 0 unspecified atom stereocenters. The maximum atomic E-state index is 12.4. The largest absolute Gasteiger partial charge is 0.339 e. The Kier molecular flexibility index (Phi) is 4.66. The molecule has 0 bridgehead atoms. The second-order valence-corrected chi connectivity index (χ2v) is 6.73. The molecule has 0 saturated carbocycles. The molecular weight excluding hydrogens is 312 g/mol. The number of hydrogen-bond donors (Lipinski definition) is 1. The van der Waals surface area contributed by atoms with E-state index in [-0.39, 0.29) is 17.7 Å². The van der Waals surface area contributed by atoms with Crippen molar-refractivity contribution in [1.82, 2.24) is 15.1 Å². The third-order valence-electron chi connectivity index (χ3n) is 3.93. The monoisotopic (exact) mass is 330 g/mol. The first-order valence-corrected chi connectivity index (χ1v) is 8.40. The lowest BCUT2D eigenvalue weighted by Gasteiger charge is -2.31. The fourth-order valence-corrected chi connectivity index (χ4v) is 3.26. The van der Waals surface area contributed by atoms with Gasteiger partial charge in [0.05, 0.1) is 0 Å². The molecule has 1 fully saturated rings. The molecule has 2 amide bonds. The number of likely N-dealkylation sites (tertiary alicyclic amines) is 1. The molecule has 2 heterocycles. The number of hydrogen-bond acceptors (Lipinski definition) is 5. The average molecular weight is 330 g/mol. The van der Waals surface area contributed by atoms with Gasteiger partial charge in [-0.25, -0.2) is 0 Å². The number of benzene rings is 1. The fraction of sp³-hybridized carbons (Fsp3) is 0.375. The smallest absolute Gasteiger partial charge is 0.253 e. The Hall–Kier alpha value is -2.28. The molecule has 0 atom stereocenters. The molecule has 0 radical (unpaired) electrons. The number of aromatic nitrogens is 2. The van der Waals surface area contributed by atoms with E-state index in [1.807, 2.05) is 42.2 Å². The highest BCUT2D eigenvalue weighted by atomic mass is 32.1. The molecule has 1 aromatic carbocycles. The number of carbonyl (C=O) groups excluding carboxylic acids is 2. The molecule has 2 aromatic rings. The van der Waals surface area contributed by atoms with Gasteiger partial charge in [-0.1, -0.05) is 29.5 Å². The summed E-state index contributed by atoms with van der Waals surface area (Å²) >= 11 is 1.36. The number of piperidine rings is 1. The zero-order valence-corrected chi connectivity index (χ0v) is 13.7. The third kappa shape index (κ3) is 3.73. The summed E-state index contributed by atoms with van der Waals surface area (Å²) < 4.78 is 0. The Morgan fingerprint density at radius 3 is 2.48 bits per heavy atom. The molecule has 6 nitrogen and oxygen atoms in total. The summed E-state index contributed by atoms with van der Waals surface area (Å²) in [7, 11) is 0. The van der Waals surface area contributed by atoms with Crippen molar-refractivity contribution in [2.45, 2.75) is 19.8 Å². The minimum Gasteiger partial charge on any atom is -0.339 e. The Morgan fingerprint density at radius 1 is 1.17 bits per heavy atom. The highest BCUT2D eigenvalue weighted by Gasteiger charge is 2.28. The van der Waals surface area contributed by atoms with E-state index in [0.29, 0.717) is 36.6 Å². The standard InChI is InChI=1S/C16H18N4O2S/c1-11-18-19-16(23-11)17-14(21)12-7-9-20(10-8-12)15(22)13-5-3-2-4-6-13/h2-6,12H,7-10H2,1H3,(H,17,19,21). The molecule has 1 aliphatic heterocycles. The van der Waals surface area contributed by atoms with Crippen LogP contribution in [0.25, 0.3) is 0 Å². The maximum absolute atomic E-state index is 12.4. The van der Waals surface area contributed by atoms with Crippen molar-refractivity contribution in [3.8, 4) is 0 Å². The number of amides is 2. The van der Waals surface area contributed by atoms with Gasteiger partial charge in [-0.15, -0.1) is 10.2 Å². The molecule has 1 aliphatic rings. The first kappa shape index (κ1) is 15.6. The number of nitrogens with zero attached hydrogens (tertiary/aromatic N) is 3. The number of nitrogens with one attached hydrogen (secondary N) is 1. The summed E-state index contributed by atoms with van der Waals surface area (Å²) in [5.74, 6) is -0.0869. The first-order chi connectivity index (χ1) is 11.1. The van der Waals surface area contributed by atoms with E-state index in [4.69, 9.17) is 0 Å². The van der Waals surface area contributed by atoms with Crippen molar-refractivity contribution < 1.29 is 9.59 Å². The van der Waals surface area contributed by atoms with Crippen molar-refractivity contribution in [3.05, 3.63) is 40.9 Å². The van der Waals surface area contributed by atoms with Crippen LogP contribution in [0.1, 0.15) is 28.2 Å². The highest BCUT2D eigenvalue weighted by molar-refractivity contribution is 7.15. The Morgan fingerprint density at radius 2 is 1.87 bits per heavy atom. The van der Waals surface area contributed by atoms with Crippen molar-refractivity contribution in [2.24, 2.45) is 5.92 Å². The average Bonchev–Trinajstić information content (AvgIpc) is 3.00. The highest BCUT2D eigenvalue weighted by Crippen LogP contribution is 2.22. The van der Waals surface area contributed by atoms with Crippen LogP contribution < -0.4 is 5.32 Å². The van der Waals surface area contributed by atoms with Gasteiger partial charge < -0.3 is 10.2 Å². The summed E-state index contributed by atoms with van der Waals surface area (Å²) in [6, 6.07) is 9.25. The predicted molar refractivity (Wildman–Crippen MR) is 88.3 cm³/mol. The molecule has 23 heavy (non-hydrogen) atoms. The molecule has 1 N–H and O–H groups in total.